The standard InChI is InChI=1S/C25H31ClN2O2/c1-18-5-7-20(8-6-18)25(29)27(2)16-19-13-23(14-19)30-22-10-9-21(24(26)15-22)17-28-11-3-4-12-28/h5-10,15,19,23H,3-4,11-14,16-17H2,1-2H3. The number of ether oxygens (including phenoxy) is 1. The lowest BCUT2D eigenvalue weighted by Crippen LogP contribution is -2.41. The summed E-state index contributed by atoms with van der Waals surface area (Å²) in [4.78, 5) is 16.9. The van der Waals surface area contributed by atoms with E-state index < -0.39 is 0 Å². The Hall–Kier alpha value is -2.04. The topological polar surface area (TPSA) is 32.8 Å². The molecule has 1 saturated carbocycles. The zero-order valence-electron chi connectivity index (χ0n) is 17.9. The largest absolute Gasteiger partial charge is 0.490 e. The minimum absolute atomic E-state index is 0.0831. The molecule has 0 atom stereocenters. The highest BCUT2D eigenvalue weighted by Gasteiger charge is 2.32. The van der Waals surface area contributed by atoms with Crippen molar-refractivity contribution in [2.75, 3.05) is 26.7 Å². The van der Waals surface area contributed by atoms with E-state index >= 15 is 0 Å². The molecule has 30 heavy (non-hydrogen) atoms. The summed E-state index contributed by atoms with van der Waals surface area (Å²) in [5.74, 6) is 1.41. The van der Waals surface area contributed by atoms with Crippen LogP contribution in [-0.4, -0.2) is 48.5 Å². The lowest BCUT2D eigenvalue weighted by atomic mass is 9.82. The van der Waals surface area contributed by atoms with Gasteiger partial charge in [-0.2, -0.15) is 0 Å². The van der Waals surface area contributed by atoms with Crippen molar-refractivity contribution in [3.05, 3.63) is 64.2 Å². The summed E-state index contributed by atoms with van der Waals surface area (Å²) in [5.41, 5.74) is 3.09. The summed E-state index contributed by atoms with van der Waals surface area (Å²) in [6.45, 7) is 6.05. The van der Waals surface area contributed by atoms with Gasteiger partial charge in [0.2, 0.25) is 0 Å². The van der Waals surface area contributed by atoms with Crippen LogP contribution in [0.15, 0.2) is 42.5 Å². The van der Waals surface area contributed by atoms with Gasteiger partial charge in [0.15, 0.2) is 0 Å². The molecule has 0 radical (unpaired) electrons. The van der Waals surface area contributed by atoms with Crippen LogP contribution in [0.3, 0.4) is 0 Å². The van der Waals surface area contributed by atoms with Gasteiger partial charge in [-0.05, 0) is 81.4 Å². The van der Waals surface area contributed by atoms with Crippen LogP contribution < -0.4 is 4.74 Å². The van der Waals surface area contributed by atoms with Gasteiger partial charge >= 0.3 is 0 Å². The predicted octanol–water partition coefficient (Wildman–Crippen LogP) is 5.17. The maximum absolute atomic E-state index is 12.6. The number of carbonyl (C=O) groups excluding carboxylic acids is 1. The highest BCUT2D eigenvalue weighted by molar-refractivity contribution is 6.31. The van der Waals surface area contributed by atoms with Crippen LogP contribution in [0.4, 0.5) is 0 Å². The first-order chi connectivity index (χ1) is 14.5. The van der Waals surface area contributed by atoms with Crippen LogP contribution in [0.1, 0.15) is 47.2 Å². The molecule has 1 saturated heterocycles. The Balaban J connectivity index is 1.23. The van der Waals surface area contributed by atoms with Gasteiger partial charge in [0.05, 0.1) is 6.10 Å². The molecule has 5 heteroatoms. The molecule has 2 aromatic carbocycles. The number of halogens is 1. The summed E-state index contributed by atoms with van der Waals surface area (Å²) in [5, 5.41) is 0.790. The second kappa shape index (κ2) is 9.40. The smallest absolute Gasteiger partial charge is 0.253 e. The predicted molar refractivity (Wildman–Crippen MR) is 121 cm³/mol. The molecule has 1 aliphatic heterocycles. The summed E-state index contributed by atoms with van der Waals surface area (Å²) in [6, 6.07) is 13.9. The molecule has 1 aliphatic carbocycles. The third-order valence-electron chi connectivity index (χ3n) is 6.29. The summed E-state index contributed by atoms with van der Waals surface area (Å²) in [6.07, 6.45) is 4.72. The first-order valence-electron chi connectivity index (χ1n) is 11.0. The summed E-state index contributed by atoms with van der Waals surface area (Å²) >= 11 is 6.50. The van der Waals surface area contributed by atoms with Crippen molar-refractivity contribution < 1.29 is 9.53 Å². The first kappa shape index (κ1) is 21.2. The van der Waals surface area contributed by atoms with Crippen LogP contribution in [0.25, 0.3) is 0 Å². The second-order valence-electron chi connectivity index (χ2n) is 8.87. The van der Waals surface area contributed by atoms with Gasteiger partial charge < -0.3 is 9.64 Å². The quantitative estimate of drug-likeness (QED) is 0.612. The zero-order valence-corrected chi connectivity index (χ0v) is 18.7. The molecule has 0 aromatic heterocycles. The normalized spacial score (nSPS) is 21.3. The number of benzene rings is 2. The van der Waals surface area contributed by atoms with Crippen molar-refractivity contribution >= 4 is 17.5 Å². The monoisotopic (exact) mass is 426 g/mol. The molecule has 2 aliphatic rings. The average Bonchev–Trinajstić information content (AvgIpc) is 3.21. The summed E-state index contributed by atoms with van der Waals surface area (Å²) in [7, 11) is 1.88. The second-order valence-corrected chi connectivity index (χ2v) is 9.27. The Morgan fingerprint density at radius 1 is 1.13 bits per heavy atom. The Morgan fingerprint density at radius 2 is 1.83 bits per heavy atom. The molecular formula is C25H31ClN2O2. The van der Waals surface area contributed by atoms with Crippen molar-refractivity contribution in [3.63, 3.8) is 0 Å². The molecule has 0 N–H and O–H groups in total. The van der Waals surface area contributed by atoms with Gasteiger partial charge in [0, 0.05) is 30.7 Å². The molecule has 4 rings (SSSR count). The zero-order chi connectivity index (χ0) is 21.1. The van der Waals surface area contributed by atoms with Crippen LogP contribution in [-0.2, 0) is 6.54 Å². The number of hydrogen-bond acceptors (Lipinski definition) is 3. The van der Waals surface area contributed by atoms with E-state index in [1.54, 1.807) is 0 Å². The minimum atomic E-state index is 0.0831. The lowest BCUT2D eigenvalue weighted by Gasteiger charge is -2.37. The van der Waals surface area contributed by atoms with Crippen molar-refractivity contribution in [1.29, 1.82) is 0 Å². The molecule has 4 nitrogen and oxygen atoms in total. The first-order valence-corrected chi connectivity index (χ1v) is 11.4. The van der Waals surface area contributed by atoms with Gasteiger partial charge in [0.25, 0.3) is 5.91 Å². The molecule has 0 spiro atoms. The Kier molecular flexibility index (Phi) is 6.64. The van der Waals surface area contributed by atoms with Gasteiger partial charge in [-0.15, -0.1) is 0 Å². The number of nitrogens with zero attached hydrogens (tertiary/aromatic N) is 2. The van der Waals surface area contributed by atoms with E-state index in [0.29, 0.717) is 5.92 Å². The maximum Gasteiger partial charge on any atom is 0.253 e. The van der Waals surface area contributed by atoms with Crippen LogP contribution in [0, 0.1) is 12.8 Å². The SMILES string of the molecule is Cc1ccc(C(=O)N(C)CC2CC(Oc3ccc(CN4CCCC4)c(Cl)c3)C2)cc1. The van der Waals surface area contributed by atoms with Crippen molar-refractivity contribution in [3.8, 4) is 5.75 Å². The van der Waals surface area contributed by atoms with E-state index in [-0.39, 0.29) is 12.0 Å². The number of rotatable bonds is 7. The minimum Gasteiger partial charge on any atom is -0.490 e. The number of hydrogen-bond donors (Lipinski definition) is 0. The fraction of sp³-hybridized carbons (Fsp3) is 0.480. The number of amides is 1. The van der Waals surface area contributed by atoms with E-state index in [1.165, 1.54) is 31.5 Å². The van der Waals surface area contributed by atoms with E-state index in [0.717, 1.165) is 47.8 Å². The number of aryl methyl sites for hydroxylation is 1. The van der Waals surface area contributed by atoms with E-state index in [9.17, 15) is 4.79 Å². The number of likely N-dealkylation sites (tertiary alicyclic amines) is 1. The van der Waals surface area contributed by atoms with Gasteiger partial charge in [-0.3, -0.25) is 9.69 Å². The van der Waals surface area contributed by atoms with Crippen LogP contribution in [0.2, 0.25) is 5.02 Å². The molecular weight excluding hydrogens is 396 g/mol. The van der Waals surface area contributed by atoms with Gasteiger partial charge in [0.1, 0.15) is 5.75 Å². The average molecular weight is 427 g/mol. The third kappa shape index (κ3) is 5.16. The fourth-order valence-electron chi connectivity index (χ4n) is 4.41. The maximum atomic E-state index is 12.6. The van der Waals surface area contributed by atoms with Crippen molar-refractivity contribution in [2.45, 2.75) is 45.3 Å². The van der Waals surface area contributed by atoms with Gasteiger partial charge in [-0.25, -0.2) is 0 Å². The molecule has 2 aromatic rings. The summed E-state index contributed by atoms with van der Waals surface area (Å²) < 4.78 is 6.12. The molecule has 160 valence electrons. The molecule has 0 unspecified atom stereocenters. The van der Waals surface area contributed by atoms with Crippen LogP contribution >= 0.6 is 11.6 Å². The highest BCUT2D eigenvalue weighted by Crippen LogP contribution is 2.33. The van der Waals surface area contributed by atoms with Crippen molar-refractivity contribution in [1.82, 2.24) is 9.80 Å². The Labute approximate surface area is 184 Å². The lowest BCUT2D eigenvalue weighted by molar-refractivity contribution is 0.0419. The fourth-order valence-corrected chi connectivity index (χ4v) is 4.64. The molecule has 0 bridgehead atoms. The third-order valence-corrected chi connectivity index (χ3v) is 6.64. The van der Waals surface area contributed by atoms with E-state index in [4.69, 9.17) is 16.3 Å². The molecule has 1 amide bonds. The number of carbonyl (C=O) groups is 1. The molecule has 2 fully saturated rings. The van der Waals surface area contributed by atoms with E-state index in [1.807, 2.05) is 55.3 Å². The Bertz CT molecular complexity index is 871. The van der Waals surface area contributed by atoms with Crippen LogP contribution in [0.5, 0.6) is 5.75 Å². The van der Waals surface area contributed by atoms with Crippen molar-refractivity contribution in [2.24, 2.45) is 5.92 Å². The molecule has 1 heterocycles. The van der Waals surface area contributed by atoms with E-state index in [2.05, 4.69) is 11.0 Å². The highest BCUT2D eigenvalue weighted by atomic mass is 35.5. The van der Waals surface area contributed by atoms with Gasteiger partial charge in [-0.1, -0.05) is 35.4 Å². The Morgan fingerprint density at radius 3 is 2.50 bits per heavy atom.